The molecule has 0 saturated heterocycles. The highest BCUT2D eigenvalue weighted by Crippen LogP contribution is 2.47. The normalized spacial score (nSPS) is 32.7. The van der Waals surface area contributed by atoms with Gasteiger partial charge in [-0.3, -0.25) is 14.4 Å². The van der Waals surface area contributed by atoms with E-state index in [1.54, 1.807) is 0 Å². The van der Waals surface area contributed by atoms with E-state index in [0.717, 1.165) is 0 Å². The molecule has 0 spiro atoms. The van der Waals surface area contributed by atoms with E-state index in [9.17, 15) is 14.4 Å². The lowest BCUT2D eigenvalue weighted by molar-refractivity contribution is -0.140. The molecule has 2 unspecified atom stereocenters. The van der Waals surface area contributed by atoms with Crippen LogP contribution in [-0.4, -0.2) is 22.6 Å². The van der Waals surface area contributed by atoms with Gasteiger partial charge in [0.15, 0.2) is 0 Å². The molecule has 1 aliphatic carbocycles. The molecule has 1 saturated carbocycles. The van der Waals surface area contributed by atoms with Crippen LogP contribution in [0.3, 0.4) is 0 Å². The van der Waals surface area contributed by atoms with Gasteiger partial charge < -0.3 is 5.11 Å². The maximum Gasteiger partial charge on any atom is 0.308 e. The smallest absolute Gasteiger partial charge is 0.308 e. The van der Waals surface area contributed by atoms with E-state index in [0.29, 0.717) is 0 Å². The Balaban J connectivity index is 2.74. The van der Waals surface area contributed by atoms with E-state index in [2.05, 4.69) is 0 Å². The van der Waals surface area contributed by atoms with Crippen LogP contribution in [0.25, 0.3) is 0 Å². The minimum atomic E-state index is -1.05. The summed E-state index contributed by atoms with van der Waals surface area (Å²) in [5.41, 5.74) is 0. The Kier molecular flexibility index (Phi) is 2.00. The van der Waals surface area contributed by atoms with Crippen molar-refractivity contribution in [2.24, 2.45) is 17.8 Å². The zero-order valence-electron chi connectivity index (χ0n) is 6.90. The summed E-state index contributed by atoms with van der Waals surface area (Å²) in [4.78, 5) is 32.1. The lowest BCUT2D eigenvalue weighted by Gasteiger charge is -1.85. The molecule has 0 heterocycles. The molecule has 1 rings (SSSR count). The summed E-state index contributed by atoms with van der Waals surface area (Å²) < 4.78 is 0. The third kappa shape index (κ3) is 1.24. The molecule has 0 radical (unpaired) electrons. The van der Waals surface area contributed by atoms with Gasteiger partial charge in [-0.05, 0) is 13.8 Å². The largest absolute Gasteiger partial charge is 0.481 e. The first-order valence-electron chi connectivity index (χ1n) is 3.70. The van der Waals surface area contributed by atoms with Gasteiger partial charge in [-0.1, -0.05) is 0 Å². The summed E-state index contributed by atoms with van der Waals surface area (Å²) in [6, 6.07) is 0. The van der Waals surface area contributed by atoms with Crippen LogP contribution in [0.15, 0.2) is 0 Å². The minimum absolute atomic E-state index is 0.206. The summed E-state index contributed by atoms with van der Waals surface area (Å²) in [5, 5.41) is 8.59. The number of aliphatic carboxylic acids is 1. The van der Waals surface area contributed by atoms with E-state index in [1.165, 1.54) is 13.8 Å². The predicted molar refractivity (Wildman–Crippen MR) is 39.5 cm³/mol. The zero-order chi connectivity index (χ0) is 9.46. The maximum absolute atomic E-state index is 10.8. The van der Waals surface area contributed by atoms with Crippen molar-refractivity contribution in [3.8, 4) is 0 Å². The van der Waals surface area contributed by atoms with E-state index in [4.69, 9.17) is 5.11 Å². The average molecular weight is 170 g/mol. The molecule has 0 aliphatic heterocycles. The number of ketones is 2. The summed E-state index contributed by atoms with van der Waals surface area (Å²) in [5.74, 6) is -3.36. The number of carboxylic acid groups (broad SMARTS) is 1. The number of carbonyl (C=O) groups excluding carboxylic acids is 2. The van der Waals surface area contributed by atoms with Gasteiger partial charge in [0.2, 0.25) is 0 Å². The van der Waals surface area contributed by atoms with E-state index < -0.39 is 23.7 Å². The van der Waals surface area contributed by atoms with Crippen LogP contribution in [0, 0.1) is 17.8 Å². The lowest BCUT2D eigenvalue weighted by Crippen LogP contribution is -2.04. The van der Waals surface area contributed by atoms with Crippen LogP contribution in [0.2, 0.25) is 0 Å². The Labute approximate surface area is 69.6 Å². The Morgan fingerprint density at radius 3 is 1.33 bits per heavy atom. The van der Waals surface area contributed by atoms with Crippen LogP contribution in [-0.2, 0) is 14.4 Å². The molecule has 1 aliphatic rings. The monoisotopic (exact) mass is 170 g/mol. The van der Waals surface area contributed by atoms with Gasteiger partial charge in [-0.15, -0.1) is 0 Å². The fourth-order valence-electron chi connectivity index (χ4n) is 1.63. The van der Waals surface area contributed by atoms with E-state index in [-0.39, 0.29) is 11.6 Å². The van der Waals surface area contributed by atoms with Gasteiger partial charge in [-0.2, -0.15) is 0 Å². The van der Waals surface area contributed by atoms with Gasteiger partial charge in [0.1, 0.15) is 11.6 Å². The standard InChI is InChI=1S/C8H10O4/c1-3(9)5-6(4(2)10)7(5)8(11)12/h5-7H,1-2H3,(H,11,12). The highest BCUT2D eigenvalue weighted by molar-refractivity contribution is 6.00. The molecule has 0 aromatic rings. The highest BCUT2D eigenvalue weighted by Gasteiger charge is 2.60. The highest BCUT2D eigenvalue weighted by atomic mass is 16.4. The molecule has 66 valence electrons. The van der Waals surface area contributed by atoms with Crippen LogP contribution in [0.5, 0.6) is 0 Å². The van der Waals surface area contributed by atoms with E-state index in [1.807, 2.05) is 0 Å². The number of carbonyl (C=O) groups is 3. The van der Waals surface area contributed by atoms with Gasteiger partial charge in [0.05, 0.1) is 5.92 Å². The molecular weight excluding hydrogens is 160 g/mol. The van der Waals surface area contributed by atoms with Gasteiger partial charge in [0.25, 0.3) is 0 Å². The molecule has 1 N–H and O–H groups in total. The summed E-state index contributed by atoms with van der Waals surface area (Å²) in [6.07, 6.45) is 0. The number of hydrogen-bond donors (Lipinski definition) is 1. The molecule has 4 nitrogen and oxygen atoms in total. The van der Waals surface area contributed by atoms with Crippen molar-refractivity contribution in [1.82, 2.24) is 0 Å². The SMILES string of the molecule is CC(=O)C1C(C(C)=O)C1C(=O)O. The van der Waals surface area contributed by atoms with Crippen molar-refractivity contribution in [3.05, 3.63) is 0 Å². The topological polar surface area (TPSA) is 71.4 Å². The van der Waals surface area contributed by atoms with Gasteiger partial charge in [0, 0.05) is 11.8 Å². The first-order valence-corrected chi connectivity index (χ1v) is 3.70. The summed E-state index contributed by atoms with van der Waals surface area (Å²) in [7, 11) is 0. The van der Waals surface area contributed by atoms with Crippen molar-refractivity contribution in [3.63, 3.8) is 0 Å². The molecule has 0 amide bonds. The molecule has 0 aromatic heterocycles. The number of Topliss-reactive ketones (excluding diaryl/α,β-unsaturated/α-hetero) is 2. The Bertz CT molecular complexity index is 207. The fourth-order valence-corrected chi connectivity index (χ4v) is 1.63. The lowest BCUT2D eigenvalue weighted by atomic mass is 10.2. The van der Waals surface area contributed by atoms with E-state index >= 15 is 0 Å². The first-order chi connectivity index (χ1) is 5.46. The Hall–Kier alpha value is -1.19. The van der Waals surface area contributed by atoms with Crippen molar-refractivity contribution in [2.75, 3.05) is 0 Å². The van der Waals surface area contributed by atoms with Gasteiger partial charge in [-0.25, -0.2) is 0 Å². The van der Waals surface area contributed by atoms with Crippen LogP contribution in [0.1, 0.15) is 13.8 Å². The third-order valence-electron chi connectivity index (χ3n) is 2.24. The first kappa shape index (κ1) is 8.90. The zero-order valence-corrected chi connectivity index (χ0v) is 6.90. The maximum atomic E-state index is 10.8. The molecule has 2 atom stereocenters. The molecule has 12 heavy (non-hydrogen) atoms. The van der Waals surface area contributed by atoms with Crippen molar-refractivity contribution < 1.29 is 19.5 Å². The fraction of sp³-hybridized carbons (Fsp3) is 0.625. The van der Waals surface area contributed by atoms with Crippen molar-refractivity contribution in [2.45, 2.75) is 13.8 Å². The molecule has 4 heteroatoms. The summed E-state index contributed by atoms with van der Waals surface area (Å²) in [6.45, 7) is 2.65. The number of rotatable bonds is 3. The average Bonchev–Trinajstić information content (AvgIpc) is 2.58. The van der Waals surface area contributed by atoms with Crippen molar-refractivity contribution >= 4 is 17.5 Å². The summed E-state index contributed by atoms with van der Waals surface area (Å²) >= 11 is 0. The Morgan fingerprint density at radius 2 is 1.25 bits per heavy atom. The third-order valence-corrected chi connectivity index (χ3v) is 2.24. The van der Waals surface area contributed by atoms with Crippen molar-refractivity contribution in [1.29, 1.82) is 0 Å². The molecular formula is C8H10O4. The second kappa shape index (κ2) is 2.69. The van der Waals surface area contributed by atoms with Crippen LogP contribution in [0.4, 0.5) is 0 Å². The molecule has 1 fully saturated rings. The number of carboxylic acids is 1. The quantitative estimate of drug-likeness (QED) is 0.652. The molecule has 0 aromatic carbocycles. The second-order valence-electron chi connectivity index (χ2n) is 3.14. The van der Waals surface area contributed by atoms with Crippen LogP contribution >= 0.6 is 0 Å². The van der Waals surface area contributed by atoms with Crippen LogP contribution < -0.4 is 0 Å². The predicted octanol–water partition coefficient (Wildman–Crippen LogP) is 0.111. The number of hydrogen-bond acceptors (Lipinski definition) is 3. The Morgan fingerprint density at radius 1 is 0.917 bits per heavy atom. The second-order valence-corrected chi connectivity index (χ2v) is 3.14. The minimum Gasteiger partial charge on any atom is -0.481 e. The van der Waals surface area contributed by atoms with Gasteiger partial charge >= 0.3 is 5.97 Å². The molecule has 0 bridgehead atoms.